The van der Waals surface area contributed by atoms with Crippen LogP contribution in [0.3, 0.4) is 0 Å². The highest BCUT2D eigenvalue weighted by Crippen LogP contribution is 2.37. The molecule has 0 aromatic heterocycles. The molecule has 20 heavy (non-hydrogen) atoms. The molecule has 104 valence electrons. The van der Waals surface area contributed by atoms with E-state index in [-0.39, 0.29) is 0 Å². The molecule has 1 atom stereocenters. The third-order valence-corrected chi connectivity index (χ3v) is 4.46. The van der Waals surface area contributed by atoms with Gasteiger partial charge in [-0.25, -0.2) is 0 Å². The minimum absolute atomic E-state index is 0.562. The first kappa shape index (κ1) is 14.9. The summed E-state index contributed by atoms with van der Waals surface area (Å²) >= 11 is 1.64. The molecule has 2 aromatic carbocycles. The summed E-state index contributed by atoms with van der Waals surface area (Å²) in [5.41, 5.74) is 3.33. The number of thioether (sulfide) groups is 1. The number of hydrogen-bond acceptors (Lipinski definition) is 2. The molecule has 2 aromatic rings. The van der Waals surface area contributed by atoms with Crippen LogP contribution >= 0.6 is 11.8 Å². The van der Waals surface area contributed by atoms with Crippen LogP contribution in [0.15, 0.2) is 70.0 Å². The van der Waals surface area contributed by atoms with E-state index in [4.69, 9.17) is 0 Å². The summed E-state index contributed by atoms with van der Waals surface area (Å²) in [6.45, 7) is 6.17. The van der Waals surface area contributed by atoms with Crippen molar-refractivity contribution >= 4 is 11.8 Å². The number of aryl methyl sites for hydroxylation is 1. The third-order valence-electron chi connectivity index (χ3n) is 3.11. The molecule has 0 bridgehead atoms. The second-order valence-corrected chi connectivity index (χ2v) is 6.21. The van der Waals surface area contributed by atoms with Crippen LogP contribution in [-0.4, -0.2) is 5.11 Å². The van der Waals surface area contributed by atoms with E-state index < -0.39 is 6.10 Å². The lowest BCUT2D eigenvalue weighted by Crippen LogP contribution is -2.00. The molecular weight excluding hydrogens is 264 g/mol. The Hall–Kier alpha value is -1.51. The molecule has 0 aliphatic heterocycles. The lowest BCUT2D eigenvalue weighted by Gasteiger charge is -2.17. The minimum atomic E-state index is -0.562. The van der Waals surface area contributed by atoms with Crippen molar-refractivity contribution in [3.05, 3.63) is 76.2 Å². The summed E-state index contributed by atoms with van der Waals surface area (Å²) < 4.78 is 0. The van der Waals surface area contributed by atoms with Gasteiger partial charge in [-0.15, -0.1) is 0 Å². The minimum Gasteiger partial charge on any atom is -0.383 e. The van der Waals surface area contributed by atoms with Crippen molar-refractivity contribution < 1.29 is 5.11 Å². The Balaban J connectivity index is 2.25. The van der Waals surface area contributed by atoms with Gasteiger partial charge in [0.25, 0.3) is 0 Å². The maximum absolute atomic E-state index is 10.6. The van der Waals surface area contributed by atoms with Gasteiger partial charge in [-0.05, 0) is 38.5 Å². The monoisotopic (exact) mass is 284 g/mol. The Morgan fingerprint density at radius 2 is 1.55 bits per heavy atom. The topological polar surface area (TPSA) is 20.2 Å². The van der Waals surface area contributed by atoms with E-state index in [1.54, 1.807) is 11.8 Å². The molecule has 2 heteroatoms. The van der Waals surface area contributed by atoms with E-state index in [1.807, 2.05) is 44.2 Å². The van der Waals surface area contributed by atoms with Crippen molar-refractivity contribution in [1.82, 2.24) is 0 Å². The van der Waals surface area contributed by atoms with Gasteiger partial charge >= 0.3 is 0 Å². The molecule has 0 heterocycles. The summed E-state index contributed by atoms with van der Waals surface area (Å²) in [5.74, 6) is 0. The van der Waals surface area contributed by atoms with Crippen LogP contribution in [0, 0.1) is 6.92 Å². The second-order valence-electron chi connectivity index (χ2n) is 5.09. The van der Waals surface area contributed by atoms with Crippen molar-refractivity contribution in [3.63, 3.8) is 0 Å². The van der Waals surface area contributed by atoms with Gasteiger partial charge < -0.3 is 5.11 Å². The molecule has 0 aliphatic rings. The summed E-state index contributed by atoms with van der Waals surface area (Å²) in [6.07, 6.45) is -0.562. The van der Waals surface area contributed by atoms with Crippen molar-refractivity contribution in [3.8, 4) is 0 Å². The zero-order chi connectivity index (χ0) is 14.5. The molecule has 0 fully saturated rings. The molecular formula is C18H20OS. The molecule has 0 saturated heterocycles. The second kappa shape index (κ2) is 6.78. The molecule has 0 spiro atoms. The molecule has 1 nitrogen and oxygen atoms in total. The largest absolute Gasteiger partial charge is 0.383 e. The lowest BCUT2D eigenvalue weighted by atomic mass is 10.1. The fourth-order valence-corrected chi connectivity index (χ4v) is 2.93. The SMILES string of the molecule is CC(C)=C(Sc1ccc(C)cc1)C(O)c1ccccc1. The van der Waals surface area contributed by atoms with Gasteiger partial charge in [0, 0.05) is 9.80 Å². The van der Waals surface area contributed by atoms with Crippen LogP contribution in [0.25, 0.3) is 0 Å². The van der Waals surface area contributed by atoms with Crippen LogP contribution in [-0.2, 0) is 0 Å². The number of aliphatic hydroxyl groups excluding tert-OH is 1. The number of benzene rings is 2. The van der Waals surface area contributed by atoms with E-state index in [1.165, 1.54) is 5.56 Å². The normalized spacial score (nSPS) is 12.0. The van der Waals surface area contributed by atoms with Crippen molar-refractivity contribution in [2.45, 2.75) is 31.8 Å². The van der Waals surface area contributed by atoms with Gasteiger partial charge in [-0.3, -0.25) is 0 Å². The van der Waals surface area contributed by atoms with Crippen molar-refractivity contribution in [2.75, 3.05) is 0 Å². The first-order chi connectivity index (χ1) is 9.58. The number of allylic oxidation sites excluding steroid dienone is 1. The predicted octanol–water partition coefficient (Wildman–Crippen LogP) is 5.11. The standard InChI is InChI=1S/C18H20OS/c1-13(2)18(17(19)15-7-5-4-6-8-15)20-16-11-9-14(3)10-12-16/h4-12,17,19H,1-3H3. The van der Waals surface area contributed by atoms with E-state index in [0.717, 1.165) is 20.9 Å². The van der Waals surface area contributed by atoms with Crippen LogP contribution in [0.2, 0.25) is 0 Å². The van der Waals surface area contributed by atoms with E-state index in [0.29, 0.717) is 0 Å². The molecule has 1 unspecified atom stereocenters. The van der Waals surface area contributed by atoms with Crippen molar-refractivity contribution in [2.24, 2.45) is 0 Å². The van der Waals surface area contributed by atoms with Gasteiger partial charge in [0.15, 0.2) is 0 Å². The average Bonchev–Trinajstić information content (AvgIpc) is 2.46. The average molecular weight is 284 g/mol. The van der Waals surface area contributed by atoms with E-state index in [2.05, 4.69) is 31.2 Å². The summed E-state index contributed by atoms with van der Waals surface area (Å²) in [4.78, 5) is 2.15. The van der Waals surface area contributed by atoms with Crippen LogP contribution in [0.4, 0.5) is 0 Å². The molecule has 0 aliphatic carbocycles. The van der Waals surface area contributed by atoms with Crippen LogP contribution < -0.4 is 0 Å². The van der Waals surface area contributed by atoms with E-state index in [9.17, 15) is 5.11 Å². The Morgan fingerprint density at radius 1 is 0.950 bits per heavy atom. The van der Waals surface area contributed by atoms with Gasteiger partial charge in [-0.2, -0.15) is 0 Å². The Bertz CT molecular complexity index is 581. The smallest absolute Gasteiger partial charge is 0.110 e. The summed E-state index contributed by atoms with van der Waals surface area (Å²) in [7, 11) is 0. The lowest BCUT2D eigenvalue weighted by molar-refractivity contribution is 0.224. The quantitative estimate of drug-likeness (QED) is 0.787. The van der Waals surface area contributed by atoms with Gasteiger partial charge in [0.1, 0.15) is 6.10 Å². The highest BCUT2D eigenvalue weighted by Gasteiger charge is 2.15. The van der Waals surface area contributed by atoms with Crippen LogP contribution in [0.1, 0.15) is 31.1 Å². The number of aliphatic hydroxyl groups is 1. The Labute approximate surface area is 125 Å². The third kappa shape index (κ3) is 3.75. The number of rotatable bonds is 4. The highest BCUT2D eigenvalue weighted by atomic mass is 32.2. The summed E-state index contributed by atoms with van der Waals surface area (Å²) in [5, 5.41) is 10.6. The first-order valence-corrected chi connectivity index (χ1v) is 7.54. The molecule has 0 saturated carbocycles. The maximum Gasteiger partial charge on any atom is 0.110 e. The predicted molar refractivity (Wildman–Crippen MR) is 86.8 cm³/mol. The zero-order valence-corrected chi connectivity index (χ0v) is 12.9. The Kier molecular flexibility index (Phi) is 5.05. The van der Waals surface area contributed by atoms with Gasteiger partial charge in [0.05, 0.1) is 0 Å². The molecule has 1 N–H and O–H groups in total. The highest BCUT2D eigenvalue weighted by molar-refractivity contribution is 8.03. The number of hydrogen-bond donors (Lipinski definition) is 1. The Morgan fingerprint density at radius 3 is 2.10 bits per heavy atom. The first-order valence-electron chi connectivity index (χ1n) is 6.73. The zero-order valence-electron chi connectivity index (χ0n) is 12.1. The van der Waals surface area contributed by atoms with Gasteiger partial charge in [-0.1, -0.05) is 65.4 Å². The maximum atomic E-state index is 10.6. The fraction of sp³-hybridized carbons (Fsp3) is 0.222. The molecule has 0 radical (unpaired) electrons. The molecule has 0 amide bonds. The van der Waals surface area contributed by atoms with E-state index >= 15 is 0 Å². The summed E-state index contributed by atoms with van der Waals surface area (Å²) in [6, 6.07) is 18.2. The van der Waals surface area contributed by atoms with Crippen LogP contribution in [0.5, 0.6) is 0 Å². The van der Waals surface area contributed by atoms with Gasteiger partial charge in [0.2, 0.25) is 0 Å². The molecule has 2 rings (SSSR count). The fourth-order valence-electron chi connectivity index (χ4n) is 1.95. The van der Waals surface area contributed by atoms with Crippen molar-refractivity contribution in [1.29, 1.82) is 0 Å².